The summed E-state index contributed by atoms with van der Waals surface area (Å²) in [6, 6.07) is 2.54. The quantitative estimate of drug-likeness (QED) is 0.921. The topological polar surface area (TPSA) is 58.0 Å². The van der Waals surface area contributed by atoms with Crippen LogP contribution < -0.4 is 5.32 Å². The van der Waals surface area contributed by atoms with Crippen LogP contribution in [0.15, 0.2) is 16.7 Å². The van der Waals surface area contributed by atoms with E-state index < -0.39 is 0 Å². The third-order valence-corrected chi connectivity index (χ3v) is 4.68. The maximum Gasteiger partial charge on any atom is 0.317 e. The fraction of sp³-hybridized carbons (Fsp3) is 0.688. The molecule has 0 aromatic carbocycles. The van der Waals surface area contributed by atoms with Crippen molar-refractivity contribution in [3.8, 4) is 0 Å². The normalized spacial score (nSPS) is 21.0. The van der Waals surface area contributed by atoms with Crippen LogP contribution in [0.25, 0.3) is 0 Å². The molecule has 3 rings (SSSR count). The molecule has 3 heterocycles. The van der Waals surface area contributed by atoms with Crippen molar-refractivity contribution in [2.24, 2.45) is 0 Å². The van der Waals surface area contributed by atoms with Crippen molar-refractivity contribution in [2.75, 3.05) is 39.4 Å². The summed E-state index contributed by atoms with van der Waals surface area (Å²) in [6.45, 7) is 7.67. The van der Waals surface area contributed by atoms with Crippen LogP contribution in [-0.2, 0) is 11.3 Å². The zero-order chi connectivity index (χ0) is 15.4. The van der Waals surface area contributed by atoms with E-state index in [2.05, 4.69) is 10.2 Å². The Morgan fingerprint density at radius 3 is 2.64 bits per heavy atom. The second kappa shape index (κ2) is 7.15. The van der Waals surface area contributed by atoms with E-state index in [9.17, 15) is 4.79 Å². The average molecular weight is 307 g/mol. The lowest BCUT2D eigenvalue weighted by Gasteiger charge is -2.40. The summed E-state index contributed by atoms with van der Waals surface area (Å²) in [4.78, 5) is 16.6. The van der Waals surface area contributed by atoms with E-state index >= 15 is 0 Å². The number of urea groups is 1. The van der Waals surface area contributed by atoms with Gasteiger partial charge in [-0.15, -0.1) is 0 Å². The molecule has 1 N–H and O–H groups in total. The van der Waals surface area contributed by atoms with E-state index in [0.29, 0.717) is 12.6 Å². The minimum absolute atomic E-state index is 0.00225. The number of furan rings is 1. The Labute approximate surface area is 131 Å². The summed E-state index contributed by atoms with van der Waals surface area (Å²) in [5.41, 5.74) is 1.07. The summed E-state index contributed by atoms with van der Waals surface area (Å²) < 4.78 is 10.8. The summed E-state index contributed by atoms with van der Waals surface area (Å²) >= 11 is 0. The molecule has 0 unspecified atom stereocenters. The molecule has 0 atom stereocenters. The van der Waals surface area contributed by atoms with Gasteiger partial charge >= 0.3 is 6.03 Å². The summed E-state index contributed by atoms with van der Waals surface area (Å²) in [7, 11) is 0. The van der Waals surface area contributed by atoms with Gasteiger partial charge in [-0.25, -0.2) is 4.79 Å². The molecule has 0 radical (unpaired) electrons. The molecule has 2 saturated heterocycles. The molecule has 122 valence electrons. The first kappa shape index (κ1) is 15.4. The van der Waals surface area contributed by atoms with Gasteiger partial charge in [-0.05, 0) is 31.4 Å². The monoisotopic (exact) mass is 307 g/mol. The predicted octanol–water partition coefficient (Wildman–Crippen LogP) is 1.59. The van der Waals surface area contributed by atoms with Crippen molar-refractivity contribution in [3.05, 3.63) is 23.7 Å². The van der Waals surface area contributed by atoms with Crippen LogP contribution in [0.1, 0.15) is 24.2 Å². The first-order valence-corrected chi connectivity index (χ1v) is 8.11. The van der Waals surface area contributed by atoms with Gasteiger partial charge in [0.25, 0.3) is 0 Å². The van der Waals surface area contributed by atoms with Crippen LogP contribution in [0.4, 0.5) is 4.79 Å². The van der Waals surface area contributed by atoms with Gasteiger partial charge in [0.05, 0.1) is 12.8 Å². The molecule has 2 amide bonds. The Bertz CT molecular complexity index is 489. The third kappa shape index (κ3) is 3.62. The number of amides is 2. The van der Waals surface area contributed by atoms with Crippen LogP contribution in [0.2, 0.25) is 0 Å². The smallest absolute Gasteiger partial charge is 0.317 e. The number of carbonyl (C=O) groups excluding carboxylic acids is 1. The maximum absolute atomic E-state index is 12.2. The minimum Gasteiger partial charge on any atom is -0.467 e. The number of rotatable bonds is 3. The van der Waals surface area contributed by atoms with Gasteiger partial charge in [0.1, 0.15) is 5.76 Å². The second-order valence-corrected chi connectivity index (χ2v) is 6.05. The van der Waals surface area contributed by atoms with E-state index in [1.807, 2.05) is 17.9 Å². The summed E-state index contributed by atoms with van der Waals surface area (Å²) in [5.74, 6) is 0.828. The molecule has 0 bridgehead atoms. The highest BCUT2D eigenvalue weighted by Crippen LogP contribution is 2.16. The Hall–Kier alpha value is -1.53. The fourth-order valence-corrected chi connectivity index (χ4v) is 3.19. The number of nitrogens with zero attached hydrogens (tertiary/aromatic N) is 2. The zero-order valence-electron chi connectivity index (χ0n) is 13.2. The standard InChI is InChI=1S/C16H25N3O3/c1-13-2-11-22-15(13)12-17-16(20)19-7-5-18(6-8-19)14-3-9-21-10-4-14/h2,11,14H,3-10,12H2,1H3,(H,17,20). The van der Waals surface area contributed by atoms with Crippen LogP contribution in [0, 0.1) is 6.92 Å². The number of hydrogen-bond donors (Lipinski definition) is 1. The Morgan fingerprint density at radius 1 is 1.27 bits per heavy atom. The van der Waals surface area contributed by atoms with E-state index in [4.69, 9.17) is 9.15 Å². The van der Waals surface area contributed by atoms with Gasteiger partial charge in [-0.2, -0.15) is 0 Å². The Morgan fingerprint density at radius 2 is 2.00 bits per heavy atom. The van der Waals surface area contributed by atoms with Crippen LogP contribution >= 0.6 is 0 Å². The number of carbonyl (C=O) groups is 1. The largest absolute Gasteiger partial charge is 0.467 e. The molecule has 1 aromatic rings. The number of ether oxygens (including phenoxy) is 1. The molecule has 2 aliphatic heterocycles. The van der Waals surface area contributed by atoms with E-state index in [0.717, 1.165) is 63.6 Å². The van der Waals surface area contributed by atoms with E-state index in [1.165, 1.54) is 0 Å². The molecule has 22 heavy (non-hydrogen) atoms. The van der Waals surface area contributed by atoms with Gasteiger partial charge in [0.15, 0.2) is 0 Å². The lowest BCUT2D eigenvalue weighted by atomic mass is 10.1. The van der Waals surface area contributed by atoms with Crippen LogP contribution in [0.5, 0.6) is 0 Å². The Balaban J connectivity index is 1.42. The van der Waals surface area contributed by atoms with Crippen molar-refractivity contribution < 1.29 is 13.9 Å². The van der Waals surface area contributed by atoms with Gasteiger partial charge in [-0.1, -0.05) is 0 Å². The molecule has 0 spiro atoms. The van der Waals surface area contributed by atoms with Crippen molar-refractivity contribution in [1.29, 1.82) is 0 Å². The highest BCUT2D eigenvalue weighted by molar-refractivity contribution is 5.74. The first-order chi connectivity index (χ1) is 10.7. The van der Waals surface area contributed by atoms with Gasteiger partial charge < -0.3 is 19.4 Å². The predicted molar refractivity (Wildman–Crippen MR) is 82.7 cm³/mol. The highest BCUT2D eigenvalue weighted by Gasteiger charge is 2.27. The van der Waals surface area contributed by atoms with E-state index in [1.54, 1.807) is 6.26 Å². The molecule has 6 nitrogen and oxygen atoms in total. The number of aryl methyl sites for hydroxylation is 1. The van der Waals surface area contributed by atoms with Crippen LogP contribution in [-0.4, -0.2) is 61.3 Å². The first-order valence-electron chi connectivity index (χ1n) is 8.11. The molecular formula is C16H25N3O3. The summed E-state index contributed by atoms with van der Waals surface area (Å²) in [5, 5.41) is 2.94. The molecule has 0 aliphatic carbocycles. The van der Waals surface area contributed by atoms with Crippen molar-refractivity contribution >= 4 is 6.03 Å². The van der Waals surface area contributed by atoms with Crippen LogP contribution in [0.3, 0.4) is 0 Å². The molecule has 2 aliphatic rings. The molecular weight excluding hydrogens is 282 g/mol. The molecule has 6 heteroatoms. The maximum atomic E-state index is 12.2. The van der Waals surface area contributed by atoms with Gasteiger partial charge in [0, 0.05) is 45.4 Å². The molecule has 1 aromatic heterocycles. The SMILES string of the molecule is Cc1ccoc1CNC(=O)N1CCN(C2CCOCC2)CC1. The molecule has 0 saturated carbocycles. The van der Waals surface area contributed by atoms with Gasteiger partial charge in [0.2, 0.25) is 0 Å². The third-order valence-electron chi connectivity index (χ3n) is 4.68. The fourth-order valence-electron chi connectivity index (χ4n) is 3.19. The van der Waals surface area contributed by atoms with Crippen molar-refractivity contribution in [3.63, 3.8) is 0 Å². The highest BCUT2D eigenvalue weighted by atomic mass is 16.5. The second-order valence-electron chi connectivity index (χ2n) is 6.05. The molecule has 2 fully saturated rings. The lowest BCUT2D eigenvalue weighted by molar-refractivity contribution is 0.0187. The number of piperazine rings is 1. The lowest BCUT2D eigenvalue weighted by Crippen LogP contribution is -2.54. The Kier molecular flexibility index (Phi) is 5.00. The van der Waals surface area contributed by atoms with Crippen molar-refractivity contribution in [2.45, 2.75) is 32.4 Å². The average Bonchev–Trinajstić information content (AvgIpc) is 2.99. The number of nitrogens with one attached hydrogen (secondary N) is 1. The van der Waals surface area contributed by atoms with E-state index in [-0.39, 0.29) is 6.03 Å². The number of hydrogen-bond acceptors (Lipinski definition) is 4. The zero-order valence-corrected chi connectivity index (χ0v) is 13.2. The van der Waals surface area contributed by atoms with Crippen molar-refractivity contribution in [1.82, 2.24) is 15.1 Å². The minimum atomic E-state index is 0.00225. The van der Waals surface area contributed by atoms with Gasteiger partial charge in [-0.3, -0.25) is 4.90 Å². The summed E-state index contributed by atoms with van der Waals surface area (Å²) in [6.07, 6.45) is 3.89.